The van der Waals surface area contributed by atoms with Crippen LogP contribution < -0.4 is 9.47 Å². The molecule has 2 aromatic carbocycles. The first-order chi connectivity index (χ1) is 13.4. The minimum absolute atomic E-state index is 0.171. The van der Waals surface area contributed by atoms with Gasteiger partial charge in [0.05, 0.1) is 16.4 Å². The van der Waals surface area contributed by atoms with Gasteiger partial charge in [0, 0.05) is 6.07 Å². The number of aromatic hydroxyl groups is 1. The van der Waals surface area contributed by atoms with Crippen LogP contribution in [0.4, 0.5) is 5.69 Å². The highest BCUT2D eigenvalue weighted by molar-refractivity contribution is 8.26. The van der Waals surface area contributed by atoms with E-state index in [0.29, 0.717) is 26.3 Å². The standard InChI is InChI=1S/C18H12N2O6S2/c21-13-5-10(1-3-12(13)20(23)24)7-16-17(22)19(18(27)28-16)8-11-2-4-14-15(6-11)26-9-25-14/h1-7,21H,8-9H2/b16-7-. The Hall–Kier alpha value is -3.11. The topological polar surface area (TPSA) is 102 Å². The molecule has 142 valence electrons. The van der Waals surface area contributed by atoms with Crippen LogP contribution in [0.1, 0.15) is 11.1 Å². The number of benzene rings is 2. The average molecular weight is 416 g/mol. The van der Waals surface area contributed by atoms with Crippen LogP contribution >= 0.6 is 24.0 Å². The molecular formula is C18H12N2O6S2. The second kappa shape index (κ2) is 7.13. The Morgan fingerprint density at radius 2 is 2.04 bits per heavy atom. The minimum Gasteiger partial charge on any atom is -0.502 e. The fraction of sp³-hybridized carbons (Fsp3) is 0.111. The van der Waals surface area contributed by atoms with Crippen LogP contribution in [-0.2, 0) is 11.3 Å². The lowest BCUT2D eigenvalue weighted by atomic mass is 10.1. The van der Waals surface area contributed by atoms with Gasteiger partial charge in [-0.25, -0.2) is 0 Å². The Labute approximate surface area is 168 Å². The van der Waals surface area contributed by atoms with Crippen molar-refractivity contribution in [1.82, 2.24) is 4.90 Å². The summed E-state index contributed by atoms with van der Waals surface area (Å²) in [5, 5.41) is 20.5. The van der Waals surface area contributed by atoms with E-state index in [4.69, 9.17) is 21.7 Å². The number of ether oxygens (including phenoxy) is 2. The highest BCUT2D eigenvalue weighted by atomic mass is 32.2. The van der Waals surface area contributed by atoms with Gasteiger partial charge in [0.2, 0.25) is 6.79 Å². The Morgan fingerprint density at radius 3 is 2.79 bits per heavy atom. The maximum Gasteiger partial charge on any atom is 0.310 e. The summed E-state index contributed by atoms with van der Waals surface area (Å²) < 4.78 is 11.0. The van der Waals surface area contributed by atoms with Gasteiger partial charge in [0.25, 0.3) is 5.91 Å². The summed E-state index contributed by atoms with van der Waals surface area (Å²) in [5.74, 6) is 0.548. The van der Waals surface area contributed by atoms with Crippen molar-refractivity contribution < 1.29 is 24.3 Å². The number of nitro groups is 1. The number of amides is 1. The predicted octanol–water partition coefficient (Wildman–Crippen LogP) is 3.43. The second-order valence-electron chi connectivity index (χ2n) is 5.96. The van der Waals surface area contributed by atoms with Crippen molar-refractivity contribution in [3.05, 3.63) is 62.5 Å². The zero-order chi connectivity index (χ0) is 19.8. The van der Waals surface area contributed by atoms with Gasteiger partial charge in [-0.3, -0.25) is 19.8 Å². The van der Waals surface area contributed by atoms with E-state index in [9.17, 15) is 20.0 Å². The molecule has 1 amide bonds. The van der Waals surface area contributed by atoms with Gasteiger partial charge in [-0.2, -0.15) is 0 Å². The number of phenols is 1. The van der Waals surface area contributed by atoms with E-state index in [1.807, 2.05) is 6.07 Å². The lowest BCUT2D eigenvalue weighted by molar-refractivity contribution is -0.385. The molecule has 0 atom stereocenters. The van der Waals surface area contributed by atoms with Gasteiger partial charge in [0.1, 0.15) is 4.32 Å². The number of thiocarbonyl (C=S) groups is 1. The highest BCUT2D eigenvalue weighted by Crippen LogP contribution is 2.37. The average Bonchev–Trinajstić information content (AvgIpc) is 3.21. The van der Waals surface area contributed by atoms with Crippen molar-refractivity contribution >= 4 is 46.0 Å². The fourth-order valence-corrected chi connectivity index (χ4v) is 4.05. The fourth-order valence-electron chi connectivity index (χ4n) is 2.79. The van der Waals surface area contributed by atoms with Crippen LogP contribution in [0.2, 0.25) is 0 Å². The molecule has 0 spiro atoms. The molecule has 0 aliphatic carbocycles. The predicted molar refractivity (Wildman–Crippen MR) is 106 cm³/mol. The van der Waals surface area contributed by atoms with E-state index in [2.05, 4.69) is 0 Å². The Balaban J connectivity index is 1.54. The maximum absolute atomic E-state index is 12.7. The van der Waals surface area contributed by atoms with E-state index in [0.717, 1.165) is 17.3 Å². The SMILES string of the molecule is O=C1/C(=C/c2ccc([N+](=O)[O-])c(O)c2)SC(=S)N1Cc1ccc2c(c1)OCO2. The second-order valence-corrected chi connectivity index (χ2v) is 7.64. The van der Waals surface area contributed by atoms with Crippen molar-refractivity contribution in [3.63, 3.8) is 0 Å². The molecule has 1 saturated heterocycles. The molecule has 2 aromatic rings. The highest BCUT2D eigenvalue weighted by Gasteiger charge is 2.32. The lowest BCUT2D eigenvalue weighted by Crippen LogP contribution is -2.27. The number of fused-ring (bicyclic) bond motifs is 1. The third kappa shape index (κ3) is 3.39. The number of hydrogen-bond acceptors (Lipinski definition) is 8. The molecular weight excluding hydrogens is 404 g/mol. The van der Waals surface area contributed by atoms with Crippen molar-refractivity contribution in [2.75, 3.05) is 6.79 Å². The van der Waals surface area contributed by atoms with Crippen LogP contribution in [-0.4, -0.2) is 32.0 Å². The number of phenolic OH excluding ortho intramolecular Hbond substituents is 1. The summed E-state index contributed by atoms with van der Waals surface area (Å²) >= 11 is 6.46. The molecule has 2 aliphatic rings. The van der Waals surface area contributed by atoms with Crippen molar-refractivity contribution in [3.8, 4) is 17.2 Å². The molecule has 1 fully saturated rings. The van der Waals surface area contributed by atoms with Crippen molar-refractivity contribution in [1.29, 1.82) is 0 Å². The molecule has 10 heteroatoms. The number of carbonyl (C=O) groups excluding carboxylic acids is 1. The normalized spacial score (nSPS) is 16.9. The summed E-state index contributed by atoms with van der Waals surface area (Å²) in [5.41, 5.74) is 0.911. The van der Waals surface area contributed by atoms with Crippen LogP contribution in [0.3, 0.4) is 0 Å². The van der Waals surface area contributed by atoms with E-state index >= 15 is 0 Å². The lowest BCUT2D eigenvalue weighted by Gasteiger charge is -2.14. The molecule has 1 N–H and O–H groups in total. The number of thioether (sulfide) groups is 1. The Morgan fingerprint density at radius 1 is 1.25 bits per heavy atom. The van der Waals surface area contributed by atoms with E-state index in [-0.39, 0.29) is 19.2 Å². The summed E-state index contributed by atoms with van der Waals surface area (Å²) in [6.07, 6.45) is 1.54. The van der Waals surface area contributed by atoms with Gasteiger partial charge in [-0.15, -0.1) is 0 Å². The molecule has 0 saturated carbocycles. The summed E-state index contributed by atoms with van der Waals surface area (Å²) in [6, 6.07) is 9.31. The van der Waals surface area contributed by atoms with Crippen LogP contribution in [0.25, 0.3) is 6.08 Å². The molecule has 28 heavy (non-hydrogen) atoms. The number of nitrogens with zero attached hydrogens (tertiary/aromatic N) is 2. The van der Waals surface area contributed by atoms with Gasteiger partial charge in [-0.05, 0) is 41.5 Å². The molecule has 8 nitrogen and oxygen atoms in total. The van der Waals surface area contributed by atoms with Crippen molar-refractivity contribution in [2.24, 2.45) is 0 Å². The number of carbonyl (C=O) groups is 1. The van der Waals surface area contributed by atoms with Crippen LogP contribution in [0.15, 0.2) is 41.3 Å². The summed E-state index contributed by atoms with van der Waals surface area (Å²) in [7, 11) is 0. The van der Waals surface area contributed by atoms with Gasteiger partial charge < -0.3 is 14.6 Å². The van der Waals surface area contributed by atoms with Crippen LogP contribution in [0.5, 0.6) is 17.2 Å². The molecule has 2 aliphatic heterocycles. The van der Waals surface area contributed by atoms with Gasteiger partial charge in [-0.1, -0.05) is 30.0 Å². The zero-order valence-corrected chi connectivity index (χ0v) is 15.8. The number of rotatable bonds is 4. The third-order valence-electron chi connectivity index (χ3n) is 4.15. The third-order valence-corrected chi connectivity index (χ3v) is 5.52. The van der Waals surface area contributed by atoms with E-state index in [1.165, 1.54) is 23.1 Å². The Kier molecular flexibility index (Phi) is 4.65. The molecule has 0 radical (unpaired) electrons. The summed E-state index contributed by atoms with van der Waals surface area (Å²) in [4.78, 5) is 24.7. The first-order valence-electron chi connectivity index (χ1n) is 8.03. The first kappa shape index (κ1) is 18.3. The molecule has 0 bridgehead atoms. The maximum atomic E-state index is 12.7. The monoisotopic (exact) mass is 416 g/mol. The Bertz CT molecular complexity index is 1050. The molecule has 2 heterocycles. The van der Waals surface area contributed by atoms with Crippen molar-refractivity contribution in [2.45, 2.75) is 6.54 Å². The van der Waals surface area contributed by atoms with Gasteiger partial charge in [0.15, 0.2) is 17.2 Å². The van der Waals surface area contributed by atoms with Gasteiger partial charge >= 0.3 is 5.69 Å². The first-order valence-corrected chi connectivity index (χ1v) is 9.26. The number of nitro benzene ring substituents is 1. The minimum atomic E-state index is -0.677. The van der Waals surface area contributed by atoms with E-state index < -0.39 is 16.4 Å². The number of hydrogen-bond donors (Lipinski definition) is 1. The quantitative estimate of drug-likeness (QED) is 0.350. The summed E-state index contributed by atoms with van der Waals surface area (Å²) in [6.45, 7) is 0.453. The van der Waals surface area contributed by atoms with Crippen LogP contribution in [0, 0.1) is 10.1 Å². The molecule has 0 unspecified atom stereocenters. The zero-order valence-electron chi connectivity index (χ0n) is 14.2. The smallest absolute Gasteiger partial charge is 0.310 e. The molecule has 0 aromatic heterocycles. The largest absolute Gasteiger partial charge is 0.502 e. The molecule has 4 rings (SSSR count). The van der Waals surface area contributed by atoms with E-state index in [1.54, 1.807) is 18.2 Å².